The van der Waals surface area contributed by atoms with E-state index in [0.29, 0.717) is 41.3 Å². The maximum Gasteiger partial charge on any atom is 0.407 e. The lowest BCUT2D eigenvalue weighted by Crippen LogP contribution is -2.51. The van der Waals surface area contributed by atoms with Crippen molar-refractivity contribution < 1.29 is 28.6 Å². The number of furan rings is 1. The van der Waals surface area contributed by atoms with Crippen molar-refractivity contribution in [3.8, 4) is 5.75 Å². The van der Waals surface area contributed by atoms with Gasteiger partial charge in [-0.1, -0.05) is 18.2 Å². The van der Waals surface area contributed by atoms with Gasteiger partial charge in [-0.3, -0.25) is 9.59 Å². The number of fused-ring (bicyclic) bond motifs is 4. The smallest absolute Gasteiger partial charge is 0.407 e. The SMILES string of the molecule is CC1(C)c2cc(OCC(=O)N3CCN(C(=O)O)CC3)ccc2C(=O)c2c1oc1ccccc21. The fourth-order valence-electron chi connectivity index (χ4n) is 4.68. The first-order valence-corrected chi connectivity index (χ1v) is 10.9. The number of ketones is 1. The number of rotatable bonds is 3. The number of benzene rings is 2. The van der Waals surface area contributed by atoms with E-state index in [1.54, 1.807) is 23.1 Å². The molecule has 2 amide bonds. The second-order valence-electron chi connectivity index (χ2n) is 8.90. The lowest BCUT2D eigenvalue weighted by atomic mass is 9.72. The molecule has 0 radical (unpaired) electrons. The summed E-state index contributed by atoms with van der Waals surface area (Å²) in [6.45, 7) is 5.12. The Morgan fingerprint density at radius 3 is 2.48 bits per heavy atom. The highest BCUT2D eigenvalue weighted by Gasteiger charge is 2.41. The Balaban J connectivity index is 1.36. The normalized spacial score (nSPS) is 17.0. The van der Waals surface area contributed by atoms with Crippen molar-refractivity contribution in [1.29, 1.82) is 0 Å². The van der Waals surface area contributed by atoms with Crippen molar-refractivity contribution in [2.75, 3.05) is 32.8 Å². The summed E-state index contributed by atoms with van der Waals surface area (Å²) in [7, 11) is 0. The minimum atomic E-state index is -0.975. The molecule has 0 bridgehead atoms. The first-order chi connectivity index (χ1) is 15.8. The molecule has 1 aliphatic carbocycles. The summed E-state index contributed by atoms with van der Waals surface area (Å²) >= 11 is 0. The van der Waals surface area contributed by atoms with Gasteiger partial charge in [0.15, 0.2) is 12.4 Å². The summed E-state index contributed by atoms with van der Waals surface area (Å²) in [6, 6.07) is 12.8. The Kier molecular flexibility index (Phi) is 4.88. The number of carboxylic acid groups (broad SMARTS) is 1. The number of ether oxygens (including phenoxy) is 1. The van der Waals surface area contributed by atoms with Gasteiger partial charge in [-0.05, 0) is 43.7 Å². The first kappa shape index (κ1) is 21.1. The number of piperazine rings is 1. The van der Waals surface area contributed by atoms with Crippen LogP contribution in [0.15, 0.2) is 46.9 Å². The molecule has 0 unspecified atom stereocenters. The maximum atomic E-state index is 13.3. The summed E-state index contributed by atoms with van der Waals surface area (Å²) in [6.07, 6.45) is -0.975. The van der Waals surface area contributed by atoms with E-state index < -0.39 is 11.5 Å². The number of carbonyl (C=O) groups excluding carboxylic acids is 2. The van der Waals surface area contributed by atoms with Gasteiger partial charge in [0.2, 0.25) is 0 Å². The molecule has 8 heteroatoms. The highest BCUT2D eigenvalue weighted by molar-refractivity contribution is 6.19. The Morgan fingerprint density at radius 1 is 1.06 bits per heavy atom. The maximum absolute atomic E-state index is 13.3. The average molecular weight is 448 g/mol. The summed E-state index contributed by atoms with van der Waals surface area (Å²) < 4.78 is 11.9. The Hall–Kier alpha value is -3.81. The summed E-state index contributed by atoms with van der Waals surface area (Å²) in [5, 5.41) is 9.85. The summed E-state index contributed by atoms with van der Waals surface area (Å²) in [5.41, 5.74) is 2.12. The molecule has 0 spiro atoms. The number of nitrogens with zero attached hydrogens (tertiary/aromatic N) is 2. The van der Waals surface area contributed by atoms with Crippen LogP contribution in [0.25, 0.3) is 11.0 Å². The topological polar surface area (TPSA) is 100 Å². The van der Waals surface area contributed by atoms with Crippen LogP contribution in [0.1, 0.15) is 41.1 Å². The molecule has 1 aliphatic heterocycles. The van der Waals surface area contributed by atoms with E-state index in [4.69, 9.17) is 14.3 Å². The monoisotopic (exact) mass is 448 g/mol. The van der Waals surface area contributed by atoms with Gasteiger partial charge in [0.05, 0.1) is 5.56 Å². The molecule has 1 aromatic heterocycles. The van der Waals surface area contributed by atoms with Crippen LogP contribution in [-0.2, 0) is 10.2 Å². The van der Waals surface area contributed by atoms with Gasteiger partial charge in [-0.15, -0.1) is 0 Å². The Bertz CT molecular complexity index is 1280. The van der Waals surface area contributed by atoms with E-state index >= 15 is 0 Å². The second-order valence-corrected chi connectivity index (χ2v) is 8.90. The van der Waals surface area contributed by atoms with E-state index in [-0.39, 0.29) is 31.4 Å². The van der Waals surface area contributed by atoms with E-state index in [0.717, 1.165) is 10.9 Å². The zero-order valence-corrected chi connectivity index (χ0v) is 18.5. The fraction of sp³-hybridized carbons (Fsp3) is 0.320. The summed E-state index contributed by atoms with van der Waals surface area (Å²) in [4.78, 5) is 39.8. The van der Waals surface area contributed by atoms with Crippen LogP contribution in [0.3, 0.4) is 0 Å². The molecule has 0 saturated carbocycles. The van der Waals surface area contributed by atoms with Crippen LogP contribution in [0, 0.1) is 0 Å². The zero-order chi connectivity index (χ0) is 23.3. The number of amides is 2. The fourth-order valence-corrected chi connectivity index (χ4v) is 4.68. The van der Waals surface area contributed by atoms with Crippen molar-refractivity contribution >= 4 is 28.8 Å². The van der Waals surface area contributed by atoms with Crippen molar-refractivity contribution in [2.45, 2.75) is 19.3 Å². The largest absolute Gasteiger partial charge is 0.484 e. The van der Waals surface area contributed by atoms with Crippen molar-refractivity contribution in [2.24, 2.45) is 0 Å². The standard InChI is InChI=1S/C25H24N2O6/c1-25(2)18-13-15(32-14-20(28)26-9-11-27(12-10-26)24(30)31)7-8-16(18)22(29)21-17-5-3-4-6-19(17)33-23(21)25/h3-8,13H,9-12,14H2,1-2H3,(H,30,31). The molecule has 2 aromatic carbocycles. The molecule has 8 nitrogen and oxygen atoms in total. The molecule has 5 rings (SSSR count). The third-order valence-corrected chi connectivity index (χ3v) is 6.56. The van der Waals surface area contributed by atoms with E-state index in [1.165, 1.54) is 4.90 Å². The minimum Gasteiger partial charge on any atom is -0.484 e. The van der Waals surface area contributed by atoms with E-state index in [1.807, 2.05) is 38.1 Å². The highest BCUT2D eigenvalue weighted by Crippen LogP contribution is 2.46. The van der Waals surface area contributed by atoms with Gasteiger partial charge < -0.3 is 24.1 Å². The van der Waals surface area contributed by atoms with Crippen LogP contribution in [-0.4, -0.2) is 65.5 Å². The predicted molar refractivity (Wildman–Crippen MR) is 120 cm³/mol. The van der Waals surface area contributed by atoms with Crippen LogP contribution in [0.4, 0.5) is 4.79 Å². The average Bonchev–Trinajstić information content (AvgIpc) is 3.22. The lowest BCUT2D eigenvalue weighted by Gasteiger charge is -2.33. The van der Waals surface area contributed by atoms with E-state index in [9.17, 15) is 14.4 Å². The molecule has 170 valence electrons. The summed E-state index contributed by atoms with van der Waals surface area (Å²) in [5.74, 6) is 0.841. The van der Waals surface area contributed by atoms with Gasteiger partial charge in [0, 0.05) is 42.5 Å². The van der Waals surface area contributed by atoms with Crippen molar-refractivity contribution in [3.05, 3.63) is 64.9 Å². The quantitative estimate of drug-likeness (QED) is 0.658. The number of para-hydroxylation sites is 1. The molecule has 3 aromatic rings. The molecular weight excluding hydrogens is 424 g/mol. The van der Waals surface area contributed by atoms with Crippen LogP contribution in [0.5, 0.6) is 5.75 Å². The molecule has 0 atom stereocenters. The van der Waals surface area contributed by atoms with Gasteiger partial charge in [0.25, 0.3) is 5.91 Å². The van der Waals surface area contributed by atoms with Crippen molar-refractivity contribution in [3.63, 3.8) is 0 Å². The van der Waals surface area contributed by atoms with Gasteiger partial charge in [-0.2, -0.15) is 0 Å². The number of carbonyl (C=O) groups is 3. The van der Waals surface area contributed by atoms with Crippen LogP contribution in [0.2, 0.25) is 0 Å². The lowest BCUT2D eigenvalue weighted by molar-refractivity contribution is -0.134. The molecule has 2 aliphatic rings. The Morgan fingerprint density at radius 2 is 1.76 bits per heavy atom. The van der Waals surface area contributed by atoms with Gasteiger partial charge >= 0.3 is 6.09 Å². The minimum absolute atomic E-state index is 0.0804. The highest BCUT2D eigenvalue weighted by atomic mass is 16.5. The second kappa shape index (κ2) is 7.65. The van der Waals surface area contributed by atoms with Crippen molar-refractivity contribution in [1.82, 2.24) is 9.80 Å². The van der Waals surface area contributed by atoms with E-state index in [2.05, 4.69) is 0 Å². The third-order valence-electron chi connectivity index (χ3n) is 6.56. The molecule has 1 saturated heterocycles. The molecule has 1 fully saturated rings. The Labute approximate surface area is 190 Å². The van der Waals surface area contributed by atoms with Gasteiger partial charge in [-0.25, -0.2) is 4.79 Å². The number of hydrogen-bond donors (Lipinski definition) is 1. The van der Waals surface area contributed by atoms with Gasteiger partial charge in [0.1, 0.15) is 17.1 Å². The molecule has 1 N–H and O–H groups in total. The first-order valence-electron chi connectivity index (χ1n) is 10.9. The molecule has 33 heavy (non-hydrogen) atoms. The zero-order valence-electron chi connectivity index (χ0n) is 18.5. The van der Waals surface area contributed by atoms with Crippen LogP contribution < -0.4 is 4.74 Å². The predicted octanol–water partition coefficient (Wildman–Crippen LogP) is 3.50. The third kappa shape index (κ3) is 3.42. The molecule has 2 heterocycles. The molecular formula is C25H24N2O6. The number of hydrogen-bond acceptors (Lipinski definition) is 5. The van der Waals surface area contributed by atoms with Crippen LogP contribution >= 0.6 is 0 Å².